The molecule has 0 saturated heterocycles. The zero-order chi connectivity index (χ0) is 14.9. The number of rotatable bonds is 1. The number of para-hydroxylation sites is 1. The average Bonchev–Trinajstić information content (AvgIpc) is 2.99. The van der Waals surface area contributed by atoms with Gasteiger partial charge in [0, 0.05) is 23.3 Å². The van der Waals surface area contributed by atoms with Gasteiger partial charge >= 0.3 is 0 Å². The van der Waals surface area contributed by atoms with E-state index in [4.69, 9.17) is 12.2 Å². The number of benzene rings is 3. The molecule has 3 aromatic rings. The van der Waals surface area contributed by atoms with Crippen molar-refractivity contribution in [2.45, 2.75) is 6.42 Å². The lowest BCUT2D eigenvalue weighted by atomic mass is 10.1. The van der Waals surface area contributed by atoms with E-state index in [9.17, 15) is 0 Å². The van der Waals surface area contributed by atoms with Crippen molar-refractivity contribution < 1.29 is 0 Å². The van der Waals surface area contributed by atoms with Crippen LogP contribution in [0.3, 0.4) is 0 Å². The van der Waals surface area contributed by atoms with Gasteiger partial charge in [0.2, 0.25) is 0 Å². The summed E-state index contributed by atoms with van der Waals surface area (Å²) in [7, 11) is 0. The molecule has 3 heteroatoms. The fourth-order valence-electron chi connectivity index (χ4n) is 3.07. The molecule has 3 aromatic carbocycles. The van der Waals surface area contributed by atoms with Gasteiger partial charge < -0.3 is 10.2 Å². The van der Waals surface area contributed by atoms with Crippen LogP contribution in [0.2, 0.25) is 0 Å². The highest BCUT2D eigenvalue weighted by atomic mass is 32.1. The molecule has 0 fully saturated rings. The van der Waals surface area contributed by atoms with Gasteiger partial charge in [0.05, 0.1) is 0 Å². The van der Waals surface area contributed by atoms with E-state index in [2.05, 4.69) is 76.9 Å². The van der Waals surface area contributed by atoms with E-state index < -0.39 is 0 Å². The minimum Gasteiger partial charge on any atom is -0.332 e. The van der Waals surface area contributed by atoms with E-state index in [1.54, 1.807) is 0 Å². The molecule has 1 aliphatic heterocycles. The Morgan fingerprint density at radius 2 is 1.68 bits per heavy atom. The molecule has 0 aromatic heterocycles. The lowest BCUT2D eigenvalue weighted by Crippen LogP contribution is -2.33. The summed E-state index contributed by atoms with van der Waals surface area (Å²) < 4.78 is 0. The summed E-state index contributed by atoms with van der Waals surface area (Å²) in [4.78, 5) is 2.19. The molecule has 0 radical (unpaired) electrons. The molecule has 0 amide bonds. The highest BCUT2D eigenvalue weighted by molar-refractivity contribution is 7.80. The lowest BCUT2D eigenvalue weighted by Gasteiger charge is -2.22. The Morgan fingerprint density at radius 1 is 0.909 bits per heavy atom. The van der Waals surface area contributed by atoms with Gasteiger partial charge in [-0.05, 0) is 41.7 Å². The summed E-state index contributed by atoms with van der Waals surface area (Å²) in [5.41, 5.74) is 3.65. The maximum Gasteiger partial charge on any atom is 0.177 e. The average molecular weight is 304 g/mol. The Morgan fingerprint density at radius 3 is 2.64 bits per heavy atom. The first kappa shape index (κ1) is 13.3. The largest absolute Gasteiger partial charge is 0.332 e. The highest BCUT2D eigenvalue weighted by Gasteiger charge is 2.21. The predicted octanol–water partition coefficient (Wildman–Crippen LogP) is 4.60. The standard InChI is InChI=1S/C19H16N2S/c22-19(21-13-12-15-7-2-4-11-18(15)21)20-17-10-5-8-14-6-1-3-9-16(14)17/h1-11H,12-13H2,(H,20,22). The van der Waals surface area contributed by atoms with Crippen LogP contribution in [-0.4, -0.2) is 11.7 Å². The summed E-state index contributed by atoms with van der Waals surface area (Å²) in [6.07, 6.45) is 1.05. The van der Waals surface area contributed by atoms with Crippen LogP contribution >= 0.6 is 12.2 Å². The van der Waals surface area contributed by atoms with Gasteiger partial charge in [-0.1, -0.05) is 54.6 Å². The molecule has 0 aliphatic carbocycles. The third-order valence-corrected chi connectivity index (χ3v) is 4.49. The van der Waals surface area contributed by atoms with Gasteiger partial charge in [-0.3, -0.25) is 0 Å². The van der Waals surface area contributed by atoms with Crippen molar-refractivity contribution in [3.05, 3.63) is 72.3 Å². The monoisotopic (exact) mass is 304 g/mol. The summed E-state index contributed by atoms with van der Waals surface area (Å²) in [5.74, 6) is 0. The van der Waals surface area contributed by atoms with Crippen LogP contribution in [0.4, 0.5) is 11.4 Å². The van der Waals surface area contributed by atoms with Gasteiger partial charge in [0.1, 0.15) is 0 Å². The summed E-state index contributed by atoms with van der Waals surface area (Å²) in [5, 5.41) is 6.60. The Balaban J connectivity index is 1.65. The van der Waals surface area contributed by atoms with Crippen LogP contribution in [-0.2, 0) is 6.42 Å². The molecule has 0 atom stereocenters. The molecular formula is C19H16N2S. The van der Waals surface area contributed by atoms with E-state index in [1.807, 2.05) is 0 Å². The van der Waals surface area contributed by atoms with E-state index in [-0.39, 0.29) is 0 Å². The van der Waals surface area contributed by atoms with Crippen LogP contribution in [0.5, 0.6) is 0 Å². The summed E-state index contributed by atoms with van der Waals surface area (Å²) in [6, 6.07) is 23.1. The van der Waals surface area contributed by atoms with Crippen molar-refractivity contribution in [1.29, 1.82) is 0 Å². The first-order valence-electron chi connectivity index (χ1n) is 7.47. The van der Waals surface area contributed by atoms with Gasteiger partial charge in [-0.2, -0.15) is 0 Å². The Kier molecular flexibility index (Phi) is 3.28. The van der Waals surface area contributed by atoms with E-state index in [0.717, 1.165) is 23.8 Å². The van der Waals surface area contributed by atoms with E-state index in [0.29, 0.717) is 0 Å². The van der Waals surface area contributed by atoms with Crippen LogP contribution < -0.4 is 10.2 Å². The number of hydrogen-bond acceptors (Lipinski definition) is 1. The minimum absolute atomic E-state index is 0.765. The smallest absolute Gasteiger partial charge is 0.177 e. The van der Waals surface area contributed by atoms with Crippen LogP contribution in [0.15, 0.2) is 66.7 Å². The molecule has 0 saturated carbocycles. The molecule has 22 heavy (non-hydrogen) atoms. The summed E-state index contributed by atoms with van der Waals surface area (Å²) in [6.45, 7) is 0.940. The van der Waals surface area contributed by atoms with Gasteiger partial charge in [0.15, 0.2) is 5.11 Å². The molecule has 1 aliphatic rings. The Labute approximate surface area is 135 Å². The van der Waals surface area contributed by atoms with Crippen LogP contribution in [0.1, 0.15) is 5.56 Å². The fourth-order valence-corrected chi connectivity index (χ4v) is 3.37. The number of hydrogen-bond donors (Lipinski definition) is 1. The zero-order valence-electron chi connectivity index (χ0n) is 12.1. The second-order valence-electron chi connectivity index (χ2n) is 5.49. The van der Waals surface area contributed by atoms with Crippen molar-refractivity contribution in [2.24, 2.45) is 0 Å². The molecule has 0 spiro atoms. The Hall–Kier alpha value is -2.39. The highest BCUT2D eigenvalue weighted by Crippen LogP contribution is 2.29. The van der Waals surface area contributed by atoms with Crippen molar-refractivity contribution in [1.82, 2.24) is 0 Å². The number of fused-ring (bicyclic) bond motifs is 2. The topological polar surface area (TPSA) is 15.3 Å². The maximum atomic E-state index is 5.65. The molecule has 4 rings (SSSR count). The van der Waals surface area contributed by atoms with Gasteiger partial charge in [-0.15, -0.1) is 0 Å². The van der Waals surface area contributed by atoms with Crippen molar-refractivity contribution >= 4 is 39.5 Å². The number of thiocarbonyl (C=S) groups is 1. The van der Waals surface area contributed by atoms with Crippen molar-refractivity contribution in [3.63, 3.8) is 0 Å². The van der Waals surface area contributed by atoms with Crippen LogP contribution in [0.25, 0.3) is 10.8 Å². The predicted molar refractivity (Wildman–Crippen MR) is 97.7 cm³/mol. The van der Waals surface area contributed by atoms with Crippen molar-refractivity contribution in [3.8, 4) is 0 Å². The minimum atomic E-state index is 0.765. The number of anilines is 2. The summed E-state index contributed by atoms with van der Waals surface area (Å²) >= 11 is 5.65. The Bertz CT molecular complexity index is 851. The second kappa shape index (κ2) is 5.43. The molecular weight excluding hydrogens is 288 g/mol. The van der Waals surface area contributed by atoms with Crippen LogP contribution in [0, 0.1) is 0 Å². The first-order valence-corrected chi connectivity index (χ1v) is 7.88. The third kappa shape index (κ3) is 2.24. The number of nitrogens with one attached hydrogen (secondary N) is 1. The quantitative estimate of drug-likeness (QED) is 0.661. The van der Waals surface area contributed by atoms with Gasteiger partial charge in [0.25, 0.3) is 0 Å². The molecule has 0 unspecified atom stereocenters. The SMILES string of the molecule is S=C(Nc1cccc2ccccc12)N1CCc2ccccc21. The third-order valence-electron chi connectivity index (χ3n) is 4.16. The van der Waals surface area contributed by atoms with Gasteiger partial charge in [-0.25, -0.2) is 0 Å². The molecule has 2 nitrogen and oxygen atoms in total. The van der Waals surface area contributed by atoms with E-state index in [1.165, 1.54) is 22.0 Å². The fraction of sp³-hybridized carbons (Fsp3) is 0.105. The molecule has 0 bridgehead atoms. The maximum absolute atomic E-state index is 5.65. The molecule has 1 N–H and O–H groups in total. The van der Waals surface area contributed by atoms with E-state index >= 15 is 0 Å². The first-order chi connectivity index (χ1) is 10.8. The second-order valence-corrected chi connectivity index (χ2v) is 5.87. The zero-order valence-corrected chi connectivity index (χ0v) is 12.9. The number of nitrogens with zero attached hydrogens (tertiary/aromatic N) is 1. The normalized spacial score (nSPS) is 13.2. The lowest BCUT2D eigenvalue weighted by molar-refractivity contribution is 1.03. The molecule has 1 heterocycles. The molecule has 108 valence electrons. The van der Waals surface area contributed by atoms with Crippen molar-refractivity contribution in [2.75, 3.05) is 16.8 Å².